The topological polar surface area (TPSA) is 69.0 Å². The van der Waals surface area contributed by atoms with Crippen molar-refractivity contribution in [2.24, 2.45) is 0 Å². The maximum Gasteiger partial charge on any atom is 0.269 e. The fourth-order valence-corrected chi connectivity index (χ4v) is 3.97. The summed E-state index contributed by atoms with van der Waals surface area (Å²) in [6, 6.07) is 13.5. The van der Waals surface area contributed by atoms with Gasteiger partial charge in [-0.1, -0.05) is 11.6 Å². The highest BCUT2D eigenvalue weighted by molar-refractivity contribution is 6.30. The average molecular weight is 411 g/mol. The van der Waals surface area contributed by atoms with Crippen molar-refractivity contribution in [3.05, 3.63) is 81.3 Å². The first-order chi connectivity index (χ1) is 14.0. The molecule has 0 amide bonds. The summed E-state index contributed by atoms with van der Waals surface area (Å²) >= 11 is 6.04. The molecule has 6 nitrogen and oxygen atoms in total. The van der Waals surface area contributed by atoms with Crippen LogP contribution in [0.1, 0.15) is 35.4 Å². The maximum absolute atomic E-state index is 12.8. The van der Waals surface area contributed by atoms with Crippen molar-refractivity contribution in [3.8, 4) is 11.3 Å². The fraction of sp³-hybridized carbons (Fsp3) is 0.273. The molecule has 0 saturated heterocycles. The highest BCUT2D eigenvalue weighted by Gasteiger charge is 2.27. The number of non-ortho nitro benzene ring substituents is 1. The summed E-state index contributed by atoms with van der Waals surface area (Å²) in [6.07, 6.45) is 6.32. The van der Waals surface area contributed by atoms with Crippen LogP contribution in [0.4, 0.5) is 5.69 Å². The van der Waals surface area contributed by atoms with Crippen molar-refractivity contribution in [3.63, 3.8) is 0 Å². The molecule has 3 aromatic rings. The van der Waals surface area contributed by atoms with Gasteiger partial charge < -0.3 is 0 Å². The fourth-order valence-electron chi connectivity index (χ4n) is 3.85. The number of rotatable bonds is 5. The lowest BCUT2D eigenvalue weighted by Gasteiger charge is -2.03. The lowest BCUT2D eigenvalue weighted by atomic mass is 10.1. The van der Waals surface area contributed by atoms with Gasteiger partial charge in [0.05, 0.1) is 11.5 Å². The summed E-state index contributed by atoms with van der Waals surface area (Å²) < 4.78 is 4.33. The van der Waals surface area contributed by atoms with E-state index in [1.807, 2.05) is 35.0 Å². The smallest absolute Gasteiger partial charge is 0.269 e. The predicted molar refractivity (Wildman–Crippen MR) is 110 cm³/mol. The van der Waals surface area contributed by atoms with Gasteiger partial charge in [0.1, 0.15) is 6.20 Å². The van der Waals surface area contributed by atoms with Crippen LogP contribution in [-0.4, -0.2) is 15.3 Å². The molecule has 2 aromatic carbocycles. The predicted octanol–water partition coefficient (Wildman–Crippen LogP) is 4.61. The van der Waals surface area contributed by atoms with Gasteiger partial charge in [-0.15, -0.1) is 0 Å². The molecular formula is C22H21ClN3O3+. The average Bonchev–Trinajstić information content (AvgIpc) is 2.89. The Bertz CT molecular complexity index is 1060. The number of carbonyl (C=O) groups excluding carboxylic acids is 1. The van der Waals surface area contributed by atoms with Crippen molar-refractivity contribution in [1.29, 1.82) is 0 Å². The van der Waals surface area contributed by atoms with Gasteiger partial charge in [0.15, 0.2) is 12.2 Å². The summed E-state index contributed by atoms with van der Waals surface area (Å²) in [5.41, 5.74) is 2.61. The van der Waals surface area contributed by atoms with Gasteiger partial charge in [0, 0.05) is 34.7 Å². The number of hydrogen-bond acceptors (Lipinski definition) is 3. The molecule has 1 aliphatic heterocycles. The number of benzene rings is 2. The third-order valence-corrected chi connectivity index (χ3v) is 5.60. The minimum Gasteiger partial charge on any atom is -0.290 e. The van der Waals surface area contributed by atoms with Gasteiger partial charge in [-0.2, -0.15) is 0 Å². The normalized spacial score (nSPS) is 13.6. The van der Waals surface area contributed by atoms with E-state index in [4.69, 9.17) is 11.6 Å². The molecule has 7 heteroatoms. The summed E-state index contributed by atoms with van der Waals surface area (Å²) in [6.45, 7) is 1.13. The molecule has 0 fully saturated rings. The van der Waals surface area contributed by atoms with Crippen LogP contribution in [-0.2, 0) is 19.5 Å². The molecular weight excluding hydrogens is 390 g/mol. The van der Waals surface area contributed by atoms with Gasteiger partial charge in [0.2, 0.25) is 5.78 Å². The molecule has 0 bridgehead atoms. The van der Waals surface area contributed by atoms with Gasteiger partial charge >= 0.3 is 0 Å². The number of hydrogen-bond donors (Lipinski definition) is 0. The third-order valence-electron chi connectivity index (χ3n) is 5.35. The van der Waals surface area contributed by atoms with E-state index in [0.29, 0.717) is 10.6 Å². The lowest BCUT2D eigenvalue weighted by Crippen LogP contribution is -2.40. The van der Waals surface area contributed by atoms with E-state index in [1.54, 1.807) is 0 Å². The first-order valence-corrected chi connectivity index (χ1v) is 10.1. The van der Waals surface area contributed by atoms with Crippen molar-refractivity contribution in [1.82, 2.24) is 4.57 Å². The maximum atomic E-state index is 12.8. The van der Waals surface area contributed by atoms with E-state index in [2.05, 4.69) is 4.57 Å². The van der Waals surface area contributed by atoms with Crippen LogP contribution in [0.15, 0.2) is 54.7 Å². The monoisotopic (exact) mass is 410 g/mol. The second-order valence-corrected chi connectivity index (χ2v) is 7.69. The standard InChI is InChI=1S/C22H21ClN3O3/c23-18-9-5-16(6-10-18)20-14-24(22-4-2-1-3-13-25(20)22)15-21(27)17-7-11-19(12-8-17)26(28)29/h5-12,14H,1-4,13,15H2/q+1. The Hall–Kier alpha value is -2.99. The van der Waals surface area contributed by atoms with E-state index in [1.165, 1.54) is 24.3 Å². The molecule has 148 valence electrons. The number of nitrogens with zero attached hydrogens (tertiary/aromatic N) is 3. The summed E-state index contributed by atoms with van der Waals surface area (Å²) in [5.74, 6) is 1.08. The number of halogens is 1. The van der Waals surface area contributed by atoms with E-state index < -0.39 is 4.92 Å². The molecule has 0 aliphatic carbocycles. The largest absolute Gasteiger partial charge is 0.290 e. The number of fused-ring (bicyclic) bond motifs is 1. The number of nitro groups is 1. The van der Waals surface area contributed by atoms with Crippen LogP contribution >= 0.6 is 11.6 Å². The first kappa shape index (κ1) is 19.3. The van der Waals surface area contributed by atoms with E-state index in [-0.39, 0.29) is 18.0 Å². The molecule has 1 aliphatic rings. The van der Waals surface area contributed by atoms with Crippen molar-refractivity contribution in [2.45, 2.75) is 38.8 Å². The number of carbonyl (C=O) groups is 1. The quantitative estimate of drug-likeness (QED) is 0.267. The zero-order valence-electron chi connectivity index (χ0n) is 15.9. The summed E-state index contributed by atoms with van der Waals surface area (Å²) in [7, 11) is 0. The highest BCUT2D eigenvalue weighted by atomic mass is 35.5. The van der Waals surface area contributed by atoms with Gasteiger partial charge in [-0.05, 0) is 55.7 Å². The second-order valence-electron chi connectivity index (χ2n) is 7.25. The molecule has 0 radical (unpaired) electrons. The Labute approximate surface area is 173 Å². The Kier molecular flexibility index (Phi) is 5.45. The Morgan fingerprint density at radius 3 is 2.48 bits per heavy atom. The van der Waals surface area contributed by atoms with Crippen LogP contribution in [0.25, 0.3) is 11.3 Å². The summed E-state index contributed by atoms with van der Waals surface area (Å²) in [4.78, 5) is 23.2. The molecule has 4 rings (SSSR count). The van der Waals surface area contributed by atoms with Crippen molar-refractivity contribution < 1.29 is 14.3 Å². The number of ketones is 1. The summed E-state index contributed by atoms with van der Waals surface area (Å²) in [5, 5.41) is 11.5. The molecule has 2 heterocycles. The molecule has 29 heavy (non-hydrogen) atoms. The molecule has 0 saturated carbocycles. The van der Waals surface area contributed by atoms with E-state index in [0.717, 1.165) is 49.3 Å². The second kappa shape index (κ2) is 8.17. The Morgan fingerprint density at radius 1 is 1.07 bits per heavy atom. The van der Waals surface area contributed by atoms with Crippen molar-refractivity contribution >= 4 is 23.1 Å². The highest BCUT2D eigenvalue weighted by Crippen LogP contribution is 2.25. The molecule has 0 N–H and O–H groups in total. The van der Waals surface area contributed by atoms with Crippen molar-refractivity contribution in [2.75, 3.05) is 0 Å². The Balaban J connectivity index is 1.67. The minimum atomic E-state index is -0.463. The third kappa shape index (κ3) is 4.07. The Morgan fingerprint density at radius 2 is 1.79 bits per heavy atom. The van der Waals surface area contributed by atoms with Crippen LogP contribution in [0.2, 0.25) is 5.02 Å². The first-order valence-electron chi connectivity index (χ1n) is 9.68. The van der Waals surface area contributed by atoms with Gasteiger partial charge in [-0.25, -0.2) is 9.13 Å². The molecule has 0 spiro atoms. The zero-order chi connectivity index (χ0) is 20.4. The van der Waals surface area contributed by atoms with Gasteiger partial charge in [-0.3, -0.25) is 14.9 Å². The number of nitro benzene ring substituents is 1. The van der Waals surface area contributed by atoms with E-state index >= 15 is 0 Å². The molecule has 1 aromatic heterocycles. The lowest BCUT2D eigenvalue weighted by molar-refractivity contribution is -0.690. The van der Waals surface area contributed by atoms with Crippen LogP contribution in [0, 0.1) is 10.1 Å². The number of Topliss-reactive ketones (excluding diaryl/α,β-unsaturated/α-hetero) is 1. The SMILES string of the molecule is O=C(C[n+]1cc(-c2ccc(Cl)cc2)n2c1CCCCC2)c1ccc([N+](=O)[O-])cc1. The van der Waals surface area contributed by atoms with Crippen LogP contribution < -0.4 is 4.57 Å². The number of imidazole rings is 1. The molecule has 0 atom stereocenters. The number of aromatic nitrogens is 2. The molecule has 0 unspecified atom stereocenters. The minimum absolute atomic E-state index is 0.0167. The van der Waals surface area contributed by atoms with Gasteiger partial charge in [0.25, 0.3) is 11.5 Å². The van der Waals surface area contributed by atoms with Crippen LogP contribution in [0.3, 0.4) is 0 Å². The van der Waals surface area contributed by atoms with E-state index in [9.17, 15) is 14.9 Å². The zero-order valence-corrected chi connectivity index (χ0v) is 16.6. The van der Waals surface area contributed by atoms with Crippen LogP contribution in [0.5, 0.6) is 0 Å².